The highest BCUT2D eigenvalue weighted by Gasteiger charge is 2.31. The van der Waals surface area contributed by atoms with E-state index in [1.807, 2.05) is 6.92 Å². The average Bonchev–Trinajstić information content (AvgIpc) is 3.29. The standard InChI is InChI=1S/C22H21ClF3N5O2/c1-14(20-28-19(29-33-20)15-4-2-5-16(12-15)22(24,25)26)30-8-10-31(11-9-30)21(32)27-18-7-3-6-17(23)13-18/h2-7,12-14H,8-11H2,1H3,(H,27,32)/t14-/m0/s1. The lowest BCUT2D eigenvalue weighted by molar-refractivity contribution is -0.137. The van der Waals surface area contributed by atoms with Crippen molar-refractivity contribution in [3.8, 4) is 11.4 Å². The number of aromatic nitrogens is 2. The third-order valence-corrected chi connectivity index (χ3v) is 5.71. The maximum absolute atomic E-state index is 13.0. The van der Waals surface area contributed by atoms with Gasteiger partial charge in [-0.25, -0.2) is 4.79 Å². The number of anilines is 1. The van der Waals surface area contributed by atoms with Crippen molar-refractivity contribution in [1.29, 1.82) is 0 Å². The summed E-state index contributed by atoms with van der Waals surface area (Å²) in [6, 6.07) is 11.3. The predicted molar refractivity (Wildman–Crippen MR) is 117 cm³/mol. The summed E-state index contributed by atoms with van der Waals surface area (Å²) in [4.78, 5) is 20.6. The van der Waals surface area contributed by atoms with E-state index in [2.05, 4.69) is 20.4 Å². The van der Waals surface area contributed by atoms with Crippen LogP contribution in [0.1, 0.15) is 24.4 Å². The van der Waals surface area contributed by atoms with Crippen molar-refractivity contribution in [2.45, 2.75) is 19.1 Å². The molecule has 0 spiro atoms. The van der Waals surface area contributed by atoms with Crippen molar-refractivity contribution in [3.63, 3.8) is 0 Å². The maximum Gasteiger partial charge on any atom is 0.416 e. The summed E-state index contributed by atoms with van der Waals surface area (Å²) in [7, 11) is 0. The van der Waals surface area contributed by atoms with E-state index in [4.69, 9.17) is 16.1 Å². The molecule has 11 heteroatoms. The van der Waals surface area contributed by atoms with Crippen molar-refractivity contribution in [2.24, 2.45) is 0 Å². The van der Waals surface area contributed by atoms with Crippen LogP contribution in [-0.2, 0) is 6.18 Å². The number of hydrogen-bond acceptors (Lipinski definition) is 5. The fourth-order valence-electron chi connectivity index (χ4n) is 3.59. The number of alkyl halides is 3. The maximum atomic E-state index is 13.0. The zero-order chi connectivity index (χ0) is 23.6. The molecule has 0 unspecified atom stereocenters. The lowest BCUT2D eigenvalue weighted by Gasteiger charge is -2.36. The first kappa shape index (κ1) is 23.1. The molecule has 33 heavy (non-hydrogen) atoms. The average molecular weight is 480 g/mol. The molecule has 1 fully saturated rings. The predicted octanol–water partition coefficient (Wildman–Crippen LogP) is 5.32. The molecule has 1 aromatic heterocycles. The van der Waals surface area contributed by atoms with Gasteiger partial charge in [-0.05, 0) is 37.3 Å². The van der Waals surface area contributed by atoms with Crippen molar-refractivity contribution in [1.82, 2.24) is 19.9 Å². The van der Waals surface area contributed by atoms with E-state index in [9.17, 15) is 18.0 Å². The van der Waals surface area contributed by atoms with Crippen LogP contribution >= 0.6 is 11.6 Å². The zero-order valence-electron chi connectivity index (χ0n) is 17.6. The smallest absolute Gasteiger partial charge is 0.337 e. The molecular weight excluding hydrogens is 459 g/mol. The molecule has 0 bridgehead atoms. The number of carbonyl (C=O) groups is 1. The topological polar surface area (TPSA) is 74.5 Å². The number of hydrogen-bond donors (Lipinski definition) is 1. The fraction of sp³-hybridized carbons (Fsp3) is 0.318. The lowest BCUT2D eigenvalue weighted by atomic mass is 10.1. The third-order valence-electron chi connectivity index (χ3n) is 5.47. The third kappa shape index (κ3) is 5.45. The summed E-state index contributed by atoms with van der Waals surface area (Å²) in [6.45, 7) is 4.01. The number of halogens is 4. The van der Waals surface area contributed by atoms with Crippen LogP contribution in [-0.4, -0.2) is 52.2 Å². The van der Waals surface area contributed by atoms with Crippen LogP contribution in [0.15, 0.2) is 53.1 Å². The number of amides is 2. The second kappa shape index (κ2) is 9.40. The Bertz CT molecular complexity index is 1130. The van der Waals surface area contributed by atoms with Crippen molar-refractivity contribution < 1.29 is 22.5 Å². The summed E-state index contributed by atoms with van der Waals surface area (Å²) >= 11 is 5.95. The quantitative estimate of drug-likeness (QED) is 0.548. The van der Waals surface area contributed by atoms with Crippen LogP contribution in [0.25, 0.3) is 11.4 Å². The molecule has 4 rings (SSSR count). The Kier molecular flexibility index (Phi) is 6.57. The summed E-state index contributed by atoms with van der Waals surface area (Å²) in [5.41, 5.74) is 0.0809. The Hall–Kier alpha value is -3.11. The van der Waals surface area contributed by atoms with E-state index < -0.39 is 11.7 Å². The van der Waals surface area contributed by atoms with E-state index in [0.717, 1.165) is 12.1 Å². The Morgan fingerprint density at radius 1 is 1.12 bits per heavy atom. The van der Waals surface area contributed by atoms with Crippen molar-refractivity contribution >= 4 is 23.3 Å². The van der Waals surface area contributed by atoms with Gasteiger partial charge in [0.1, 0.15) is 0 Å². The van der Waals surface area contributed by atoms with Gasteiger partial charge in [0.25, 0.3) is 0 Å². The molecule has 7 nitrogen and oxygen atoms in total. The number of nitrogens with zero attached hydrogens (tertiary/aromatic N) is 4. The van der Waals surface area contributed by atoms with Crippen LogP contribution in [0.4, 0.5) is 23.7 Å². The number of nitrogens with one attached hydrogen (secondary N) is 1. The Morgan fingerprint density at radius 3 is 2.55 bits per heavy atom. The van der Waals surface area contributed by atoms with Gasteiger partial charge in [0.15, 0.2) is 0 Å². The van der Waals surface area contributed by atoms with Gasteiger partial charge in [0.05, 0.1) is 11.6 Å². The highest BCUT2D eigenvalue weighted by Crippen LogP contribution is 2.32. The van der Waals surface area contributed by atoms with Gasteiger partial charge in [-0.2, -0.15) is 18.2 Å². The molecule has 0 radical (unpaired) electrons. The molecule has 3 aromatic rings. The summed E-state index contributed by atoms with van der Waals surface area (Å²) in [5, 5.41) is 7.22. The molecule has 1 N–H and O–H groups in total. The van der Waals surface area contributed by atoms with E-state index >= 15 is 0 Å². The first-order valence-electron chi connectivity index (χ1n) is 10.3. The second-order valence-electron chi connectivity index (χ2n) is 7.67. The van der Waals surface area contributed by atoms with Gasteiger partial charge in [-0.1, -0.05) is 35.0 Å². The number of carbonyl (C=O) groups excluding carboxylic acids is 1. The molecule has 1 aliphatic rings. The highest BCUT2D eigenvalue weighted by molar-refractivity contribution is 6.30. The number of piperazine rings is 1. The molecule has 1 saturated heterocycles. The van der Waals surface area contributed by atoms with E-state index in [1.54, 1.807) is 29.2 Å². The molecule has 2 aromatic carbocycles. The van der Waals surface area contributed by atoms with E-state index in [-0.39, 0.29) is 23.5 Å². The first-order valence-corrected chi connectivity index (χ1v) is 10.7. The molecule has 2 heterocycles. The van der Waals surface area contributed by atoms with Crippen LogP contribution < -0.4 is 5.32 Å². The Labute approximate surface area is 193 Å². The highest BCUT2D eigenvalue weighted by atomic mass is 35.5. The molecule has 1 aliphatic heterocycles. The SMILES string of the molecule is C[C@@H](c1nc(-c2cccc(C(F)(F)F)c2)no1)N1CCN(C(=O)Nc2cccc(Cl)c2)CC1. The van der Waals surface area contributed by atoms with Crippen molar-refractivity contribution in [2.75, 3.05) is 31.5 Å². The van der Waals surface area contributed by atoms with Crippen molar-refractivity contribution in [3.05, 3.63) is 65.0 Å². The van der Waals surface area contributed by atoms with Crippen LogP contribution in [0.3, 0.4) is 0 Å². The Morgan fingerprint density at radius 2 is 1.85 bits per heavy atom. The molecule has 174 valence electrons. The molecule has 0 aliphatic carbocycles. The summed E-state index contributed by atoms with van der Waals surface area (Å²) in [5.74, 6) is 0.404. The van der Waals surface area contributed by atoms with Crippen LogP contribution in [0.2, 0.25) is 5.02 Å². The minimum Gasteiger partial charge on any atom is -0.337 e. The molecule has 1 atom stereocenters. The number of urea groups is 1. The molecule has 0 saturated carbocycles. The molecule has 2 amide bonds. The van der Waals surface area contributed by atoms with E-state index in [0.29, 0.717) is 42.8 Å². The monoisotopic (exact) mass is 479 g/mol. The summed E-state index contributed by atoms with van der Waals surface area (Å²) < 4.78 is 44.3. The van der Waals surface area contributed by atoms with Crippen LogP contribution in [0.5, 0.6) is 0 Å². The lowest BCUT2D eigenvalue weighted by Crippen LogP contribution is -2.50. The van der Waals surface area contributed by atoms with Gasteiger partial charge < -0.3 is 14.7 Å². The van der Waals surface area contributed by atoms with Gasteiger partial charge in [0.2, 0.25) is 11.7 Å². The zero-order valence-corrected chi connectivity index (χ0v) is 18.4. The summed E-state index contributed by atoms with van der Waals surface area (Å²) in [6.07, 6.45) is -4.45. The van der Waals surface area contributed by atoms with E-state index in [1.165, 1.54) is 12.1 Å². The van der Waals surface area contributed by atoms with Gasteiger partial charge >= 0.3 is 12.2 Å². The fourth-order valence-corrected chi connectivity index (χ4v) is 3.78. The second-order valence-corrected chi connectivity index (χ2v) is 8.11. The molecular formula is C22H21ClF3N5O2. The normalized spacial score (nSPS) is 16.0. The minimum atomic E-state index is -4.45. The Balaban J connectivity index is 1.36. The minimum absolute atomic E-state index is 0.0995. The largest absolute Gasteiger partial charge is 0.416 e. The van der Waals surface area contributed by atoms with Gasteiger partial charge in [-0.15, -0.1) is 0 Å². The number of benzene rings is 2. The number of rotatable bonds is 4. The van der Waals surface area contributed by atoms with Crippen LogP contribution in [0, 0.1) is 0 Å². The first-order chi connectivity index (χ1) is 15.7. The van der Waals surface area contributed by atoms with Gasteiger partial charge in [0, 0.05) is 42.5 Å². The van der Waals surface area contributed by atoms with Gasteiger partial charge in [-0.3, -0.25) is 4.90 Å².